The van der Waals surface area contributed by atoms with E-state index in [9.17, 15) is 4.79 Å². The van der Waals surface area contributed by atoms with Crippen LogP contribution in [-0.4, -0.2) is 25.0 Å². The van der Waals surface area contributed by atoms with Gasteiger partial charge < -0.3 is 16.8 Å². The summed E-state index contributed by atoms with van der Waals surface area (Å²) < 4.78 is 0. The summed E-state index contributed by atoms with van der Waals surface area (Å²) in [5.74, 6) is 0.414. The van der Waals surface area contributed by atoms with Crippen molar-refractivity contribution in [3.05, 3.63) is 0 Å². The second-order valence-electron chi connectivity index (χ2n) is 4.06. The molecule has 2 unspecified atom stereocenters. The zero-order chi connectivity index (χ0) is 10.4. The van der Waals surface area contributed by atoms with Crippen LogP contribution in [0.5, 0.6) is 0 Å². The van der Waals surface area contributed by atoms with Gasteiger partial charge in [-0.05, 0) is 38.3 Å². The number of hydrogen-bond donors (Lipinski definition) is 3. The molecule has 0 bridgehead atoms. The Morgan fingerprint density at radius 3 is 2.86 bits per heavy atom. The first-order valence-corrected chi connectivity index (χ1v) is 5.45. The Labute approximate surface area is 85.4 Å². The van der Waals surface area contributed by atoms with E-state index in [1.165, 1.54) is 19.3 Å². The summed E-state index contributed by atoms with van der Waals surface area (Å²) >= 11 is 0. The van der Waals surface area contributed by atoms with Gasteiger partial charge in [0.25, 0.3) is 0 Å². The summed E-state index contributed by atoms with van der Waals surface area (Å²) in [6, 6.07) is 0.563. The first-order valence-electron chi connectivity index (χ1n) is 5.45. The normalized spacial score (nSPS) is 26.6. The van der Waals surface area contributed by atoms with Gasteiger partial charge in [-0.15, -0.1) is 0 Å². The molecule has 1 fully saturated rings. The molecular formula is C10H21N3O. The van der Waals surface area contributed by atoms with Crippen LogP contribution in [0, 0.1) is 5.92 Å². The number of amides is 1. The third-order valence-corrected chi connectivity index (χ3v) is 2.97. The Bertz CT molecular complexity index is 184. The summed E-state index contributed by atoms with van der Waals surface area (Å²) in [5, 5.41) is 3.45. The summed E-state index contributed by atoms with van der Waals surface area (Å²) in [7, 11) is 0. The van der Waals surface area contributed by atoms with Crippen molar-refractivity contribution in [1.82, 2.24) is 5.32 Å². The Morgan fingerprint density at radius 2 is 2.21 bits per heavy atom. The topological polar surface area (TPSA) is 81.1 Å². The molecular weight excluding hydrogens is 178 g/mol. The standard InChI is InChI=1S/C10H21N3O/c11-7-8-3-1-4-9(8)13-6-2-5-10(12)14/h8-9,13H,1-7,11H2,(H2,12,14). The fourth-order valence-electron chi connectivity index (χ4n) is 2.14. The van der Waals surface area contributed by atoms with Gasteiger partial charge in [-0.1, -0.05) is 6.42 Å². The molecule has 0 aromatic heterocycles. The average Bonchev–Trinajstić information content (AvgIpc) is 2.59. The minimum absolute atomic E-state index is 0.214. The molecule has 1 rings (SSSR count). The van der Waals surface area contributed by atoms with E-state index in [0.717, 1.165) is 19.5 Å². The van der Waals surface area contributed by atoms with E-state index in [1.54, 1.807) is 0 Å². The van der Waals surface area contributed by atoms with Gasteiger partial charge in [0.15, 0.2) is 0 Å². The number of primary amides is 1. The van der Waals surface area contributed by atoms with E-state index < -0.39 is 0 Å². The molecule has 1 aliphatic carbocycles. The van der Waals surface area contributed by atoms with Crippen molar-refractivity contribution in [3.63, 3.8) is 0 Å². The summed E-state index contributed by atoms with van der Waals surface area (Å²) in [6.45, 7) is 1.65. The lowest BCUT2D eigenvalue weighted by Gasteiger charge is -2.19. The van der Waals surface area contributed by atoms with E-state index in [4.69, 9.17) is 11.5 Å². The summed E-state index contributed by atoms with van der Waals surface area (Å²) in [6.07, 6.45) is 5.05. The Balaban J connectivity index is 2.08. The van der Waals surface area contributed by atoms with Crippen molar-refractivity contribution in [2.75, 3.05) is 13.1 Å². The van der Waals surface area contributed by atoms with Gasteiger partial charge >= 0.3 is 0 Å². The van der Waals surface area contributed by atoms with Gasteiger partial charge in [0.05, 0.1) is 0 Å². The zero-order valence-corrected chi connectivity index (χ0v) is 8.67. The van der Waals surface area contributed by atoms with E-state index in [1.807, 2.05) is 0 Å². The van der Waals surface area contributed by atoms with Gasteiger partial charge in [0.1, 0.15) is 0 Å². The Hall–Kier alpha value is -0.610. The van der Waals surface area contributed by atoms with Crippen LogP contribution in [0.4, 0.5) is 0 Å². The number of carbonyl (C=O) groups is 1. The third-order valence-electron chi connectivity index (χ3n) is 2.97. The minimum Gasteiger partial charge on any atom is -0.370 e. The number of nitrogens with two attached hydrogens (primary N) is 2. The molecule has 1 aliphatic rings. The van der Waals surface area contributed by atoms with E-state index >= 15 is 0 Å². The smallest absolute Gasteiger partial charge is 0.217 e. The number of rotatable bonds is 6. The molecule has 5 N–H and O–H groups in total. The van der Waals surface area contributed by atoms with Crippen molar-refractivity contribution in [2.24, 2.45) is 17.4 Å². The lowest BCUT2D eigenvalue weighted by Crippen LogP contribution is -2.36. The summed E-state index contributed by atoms with van der Waals surface area (Å²) in [5.41, 5.74) is 10.7. The molecule has 0 aromatic carbocycles. The maximum absolute atomic E-state index is 10.5. The van der Waals surface area contributed by atoms with Crippen molar-refractivity contribution in [3.8, 4) is 0 Å². The molecule has 0 aromatic rings. The second-order valence-corrected chi connectivity index (χ2v) is 4.06. The van der Waals surface area contributed by atoms with Crippen molar-refractivity contribution < 1.29 is 4.79 Å². The molecule has 0 spiro atoms. The van der Waals surface area contributed by atoms with E-state index in [2.05, 4.69) is 5.32 Å². The third kappa shape index (κ3) is 3.64. The van der Waals surface area contributed by atoms with E-state index in [0.29, 0.717) is 18.4 Å². The van der Waals surface area contributed by atoms with Gasteiger partial charge in [-0.2, -0.15) is 0 Å². The quantitative estimate of drug-likeness (QED) is 0.525. The molecule has 1 amide bonds. The van der Waals surface area contributed by atoms with Gasteiger partial charge in [-0.3, -0.25) is 4.79 Å². The predicted octanol–water partition coefficient (Wildman–Crippen LogP) is -0.0311. The molecule has 2 atom stereocenters. The molecule has 0 aliphatic heterocycles. The number of nitrogens with one attached hydrogen (secondary N) is 1. The predicted molar refractivity (Wildman–Crippen MR) is 56.6 cm³/mol. The van der Waals surface area contributed by atoms with Crippen LogP contribution in [0.3, 0.4) is 0 Å². The lowest BCUT2D eigenvalue weighted by molar-refractivity contribution is -0.118. The SMILES string of the molecule is NCC1CCCC1NCCCC(N)=O. The van der Waals surface area contributed by atoms with Crippen LogP contribution in [-0.2, 0) is 4.79 Å². The highest BCUT2D eigenvalue weighted by Crippen LogP contribution is 2.24. The van der Waals surface area contributed by atoms with Crippen LogP contribution >= 0.6 is 0 Å². The summed E-state index contributed by atoms with van der Waals surface area (Å²) in [4.78, 5) is 10.5. The molecule has 14 heavy (non-hydrogen) atoms. The maximum Gasteiger partial charge on any atom is 0.217 e. The number of hydrogen-bond acceptors (Lipinski definition) is 3. The van der Waals surface area contributed by atoms with Crippen molar-refractivity contribution in [1.29, 1.82) is 0 Å². The Morgan fingerprint density at radius 1 is 1.43 bits per heavy atom. The molecule has 0 heterocycles. The van der Waals surface area contributed by atoms with Crippen molar-refractivity contribution >= 4 is 5.91 Å². The highest BCUT2D eigenvalue weighted by atomic mass is 16.1. The highest BCUT2D eigenvalue weighted by Gasteiger charge is 2.24. The maximum atomic E-state index is 10.5. The molecule has 0 radical (unpaired) electrons. The van der Waals surface area contributed by atoms with Crippen LogP contribution in [0.2, 0.25) is 0 Å². The minimum atomic E-state index is -0.214. The van der Waals surface area contributed by atoms with Gasteiger partial charge in [-0.25, -0.2) is 0 Å². The molecule has 4 heteroatoms. The van der Waals surface area contributed by atoms with Gasteiger partial charge in [0.2, 0.25) is 5.91 Å². The van der Waals surface area contributed by atoms with Crippen molar-refractivity contribution in [2.45, 2.75) is 38.1 Å². The van der Waals surface area contributed by atoms with E-state index in [-0.39, 0.29) is 5.91 Å². The second kappa shape index (κ2) is 5.98. The average molecular weight is 199 g/mol. The molecule has 0 saturated heterocycles. The first-order chi connectivity index (χ1) is 6.74. The fraction of sp³-hybridized carbons (Fsp3) is 0.900. The van der Waals surface area contributed by atoms with Crippen LogP contribution < -0.4 is 16.8 Å². The molecule has 4 nitrogen and oxygen atoms in total. The van der Waals surface area contributed by atoms with Crippen LogP contribution in [0.1, 0.15) is 32.1 Å². The lowest BCUT2D eigenvalue weighted by atomic mass is 10.0. The fourth-order valence-corrected chi connectivity index (χ4v) is 2.14. The first kappa shape index (κ1) is 11.5. The Kier molecular flexibility index (Phi) is 4.90. The largest absolute Gasteiger partial charge is 0.370 e. The zero-order valence-electron chi connectivity index (χ0n) is 8.67. The molecule has 1 saturated carbocycles. The van der Waals surface area contributed by atoms with Crippen LogP contribution in [0.15, 0.2) is 0 Å². The van der Waals surface area contributed by atoms with Crippen LogP contribution in [0.25, 0.3) is 0 Å². The monoisotopic (exact) mass is 199 g/mol. The van der Waals surface area contributed by atoms with Gasteiger partial charge in [0, 0.05) is 12.5 Å². The molecule has 82 valence electrons. The number of carbonyl (C=O) groups excluding carboxylic acids is 1. The highest BCUT2D eigenvalue weighted by molar-refractivity contribution is 5.73.